The van der Waals surface area contributed by atoms with Gasteiger partial charge in [-0.25, -0.2) is 0 Å². The maximum atomic E-state index is 13.5. The number of ketones is 1. The van der Waals surface area contributed by atoms with E-state index >= 15 is 0 Å². The number of ether oxygens (including phenoxy) is 1. The molecule has 1 aromatic carbocycles. The van der Waals surface area contributed by atoms with Gasteiger partial charge in [0.25, 0.3) is 0 Å². The summed E-state index contributed by atoms with van der Waals surface area (Å²) < 4.78 is 120. The molecule has 0 amide bonds. The Labute approximate surface area is 133 Å². The highest BCUT2D eigenvalue weighted by Gasteiger charge is 2.83. The molecule has 0 aliphatic carbocycles. The highest BCUT2D eigenvalue weighted by molar-refractivity contribution is 6.34. The third-order valence-electron chi connectivity index (χ3n) is 2.85. The summed E-state index contributed by atoms with van der Waals surface area (Å²) in [6.07, 6.45) is -7.02. The summed E-state index contributed by atoms with van der Waals surface area (Å²) in [7, 11) is 0.988. The van der Waals surface area contributed by atoms with Crippen LogP contribution in [-0.4, -0.2) is 36.8 Å². The molecule has 0 aliphatic rings. The maximum absolute atomic E-state index is 13.5. The number of rotatable bonds is 5. The summed E-state index contributed by atoms with van der Waals surface area (Å²) in [5, 5.41) is -0.869. The van der Waals surface area contributed by atoms with Crippen LogP contribution in [0.25, 0.3) is 0 Å². The van der Waals surface area contributed by atoms with Crippen LogP contribution in [0, 0.1) is 0 Å². The number of halogens is 10. The van der Waals surface area contributed by atoms with E-state index < -0.39 is 40.3 Å². The predicted molar refractivity (Wildman–Crippen MR) is 63.2 cm³/mol. The lowest BCUT2D eigenvalue weighted by molar-refractivity contribution is -0.386. The van der Waals surface area contributed by atoms with E-state index in [1.807, 2.05) is 0 Å². The van der Waals surface area contributed by atoms with Gasteiger partial charge in [-0.1, -0.05) is 11.6 Å². The monoisotopic (exact) mass is 388 g/mol. The van der Waals surface area contributed by atoms with Crippen molar-refractivity contribution >= 4 is 17.4 Å². The second kappa shape index (κ2) is 6.01. The summed E-state index contributed by atoms with van der Waals surface area (Å²) in [6.45, 7) is 0. The van der Waals surface area contributed by atoms with E-state index in [1.54, 1.807) is 0 Å². The van der Waals surface area contributed by atoms with Gasteiger partial charge in [0.15, 0.2) is 0 Å². The van der Waals surface area contributed by atoms with Crippen molar-refractivity contribution < 1.29 is 49.0 Å². The van der Waals surface area contributed by atoms with Crippen molar-refractivity contribution in [3.05, 3.63) is 28.8 Å². The molecule has 0 aliphatic heterocycles. The number of alkyl halides is 9. The third-order valence-corrected chi connectivity index (χ3v) is 3.18. The lowest BCUT2D eigenvalue weighted by Crippen LogP contribution is -2.63. The van der Waals surface area contributed by atoms with Crippen molar-refractivity contribution in [2.24, 2.45) is 0 Å². The molecule has 0 spiro atoms. The number of carbonyl (C=O) groups is 1. The molecule has 0 bridgehead atoms. The van der Waals surface area contributed by atoms with Crippen molar-refractivity contribution in [1.82, 2.24) is 0 Å². The minimum atomic E-state index is -7.16. The largest absolute Gasteiger partial charge is 0.497 e. The van der Waals surface area contributed by atoms with E-state index in [9.17, 15) is 44.3 Å². The van der Waals surface area contributed by atoms with Crippen LogP contribution >= 0.6 is 11.6 Å². The fourth-order valence-corrected chi connectivity index (χ4v) is 1.70. The standard InChI is InChI=1S/C12H6ClF9O2/c1-24-5-2-3-7(13)6(4-5)8(23)9(14,15)10(16,17)11(18,19)12(20,21)22/h2-4H,1H3. The Hall–Kier alpha value is -1.65. The molecule has 0 heterocycles. The van der Waals surface area contributed by atoms with Crippen LogP contribution in [-0.2, 0) is 0 Å². The molecule has 0 unspecified atom stereocenters. The van der Waals surface area contributed by atoms with Gasteiger partial charge >= 0.3 is 23.9 Å². The lowest BCUT2D eigenvalue weighted by atomic mass is 9.95. The number of Topliss-reactive ketones (excluding diaryl/α,β-unsaturated/α-hetero) is 1. The average Bonchev–Trinajstić information content (AvgIpc) is 2.45. The fraction of sp³-hybridized carbons (Fsp3) is 0.417. The van der Waals surface area contributed by atoms with Gasteiger partial charge in [0, 0.05) is 5.56 Å². The van der Waals surface area contributed by atoms with Gasteiger partial charge in [-0.2, -0.15) is 39.5 Å². The van der Waals surface area contributed by atoms with Crippen molar-refractivity contribution in [2.75, 3.05) is 7.11 Å². The second-order valence-corrected chi connectivity index (χ2v) is 4.80. The molecule has 0 N–H and O–H groups in total. The van der Waals surface area contributed by atoms with Gasteiger partial charge in [0.2, 0.25) is 5.78 Å². The van der Waals surface area contributed by atoms with Gasteiger partial charge < -0.3 is 4.74 Å². The number of methoxy groups -OCH3 is 1. The molecule has 0 radical (unpaired) electrons. The zero-order valence-electron chi connectivity index (χ0n) is 11.3. The van der Waals surface area contributed by atoms with Crippen LogP contribution in [0.3, 0.4) is 0 Å². The van der Waals surface area contributed by atoms with Crippen LogP contribution in [0.5, 0.6) is 5.75 Å². The number of carbonyl (C=O) groups excluding carboxylic acids is 1. The third kappa shape index (κ3) is 3.01. The van der Waals surface area contributed by atoms with Crippen molar-refractivity contribution in [2.45, 2.75) is 23.9 Å². The van der Waals surface area contributed by atoms with Gasteiger partial charge in [-0.05, 0) is 18.2 Å². The molecule has 1 aromatic rings. The average molecular weight is 389 g/mol. The van der Waals surface area contributed by atoms with E-state index in [2.05, 4.69) is 4.74 Å². The number of hydrogen-bond acceptors (Lipinski definition) is 2. The van der Waals surface area contributed by atoms with Crippen LogP contribution in [0.15, 0.2) is 18.2 Å². The Morgan fingerprint density at radius 2 is 1.46 bits per heavy atom. The van der Waals surface area contributed by atoms with Crippen molar-refractivity contribution in [3.63, 3.8) is 0 Å². The van der Waals surface area contributed by atoms with Gasteiger partial charge in [-0.15, -0.1) is 0 Å². The SMILES string of the molecule is COc1ccc(Cl)c(C(=O)C(F)(F)C(F)(F)C(F)(F)C(F)(F)F)c1. The minimum absolute atomic E-state index is 0.343. The van der Waals surface area contributed by atoms with Crippen LogP contribution in [0.2, 0.25) is 5.02 Å². The zero-order chi connectivity index (χ0) is 19.1. The van der Waals surface area contributed by atoms with Gasteiger partial charge in [0.05, 0.1) is 12.1 Å². The van der Waals surface area contributed by atoms with Crippen LogP contribution < -0.4 is 4.74 Å². The number of hydrogen-bond donors (Lipinski definition) is 0. The quantitative estimate of drug-likeness (QED) is 0.524. The molecule has 1 rings (SSSR count). The molecule has 12 heteroatoms. The van der Waals surface area contributed by atoms with Crippen molar-refractivity contribution in [3.8, 4) is 5.75 Å². The molecule has 2 nitrogen and oxygen atoms in total. The molecule has 24 heavy (non-hydrogen) atoms. The molecule has 0 fully saturated rings. The Kier molecular flexibility index (Phi) is 5.11. The highest BCUT2D eigenvalue weighted by Crippen LogP contribution is 2.54. The van der Waals surface area contributed by atoms with Crippen LogP contribution in [0.4, 0.5) is 39.5 Å². The molecule has 136 valence electrons. The Morgan fingerprint density at radius 1 is 0.958 bits per heavy atom. The topological polar surface area (TPSA) is 26.3 Å². The predicted octanol–water partition coefficient (Wildman–Crippen LogP) is 5.00. The highest BCUT2D eigenvalue weighted by atomic mass is 35.5. The first-order valence-electron chi connectivity index (χ1n) is 5.69. The maximum Gasteiger partial charge on any atom is 0.460 e. The van der Waals surface area contributed by atoms with Gasteiger partial charge in [-0.3, -0.25) is 4.79 Å². The molecular formula is C12H6ClF9O2. The Balaban J connectivity index is 3.45. The van der Waals surface area contributed by atoms with Gasteiger partial charge in [0.1, 0.15) is 5.75 Å². The summed E-state index contributed by atoms with van der Waals surface area (Å²) in [5.41, 5.74) is -1.40. The molecule has 0 saturated carbocycles. The van der Waals surface area contributed by atoms with Crippen molar-refractivity contribution in [1.29, 1.82) is 0 Å². The molecule has 0 saturated heterocycles. The summed E-state index contributed by atoms with van der Waals surface area (Å²) in [6, 6.07) is 2.16. The normalized spacial score (nSPS) is 13.8. The van der Waals surface area contributed by atoms with E-state index in [-0.39, 0.29) is 5.75 Å². The summed E-state index contributed by atoms with van der Waals surface area (Å²) in [5.74, 6) is -24.0. The number of benzene rings is 1. The molecule has 0 aromatic heterocycles. The summed E-state index contributed by atoms with van der Waals surface area (Å²) >= 11 is 5.34. The first kappa shape index (κ1) is 20.4. The van der Waals surface area contributed by atoms with E-state index in [0.717, 1.165) is 19.2 Å². The summed E-state index contributed by atoms with van der Waals surface area (Å²) in [4.78, 5) is 11.5. The van der Waals surface area contributed by atoms with E-state index in [0.29, 0.717) is 6.07 Å². The smallest absolute Gasteiger partial charge is 0.460 e. The first-order chi connectivity index (χ1) is 10.6. The Morgan fingerprint density at radius 3 is 1.88 bits per heavy atom. The van der Waals surface area contributed by atoms with Crippen LogP contribution in [0.1, 0.15) is 10.4 Å². The fourth-order valence-electron chi connectivity index (χ4n) is 1.49. The molecule has 0 atom stereocenters. The Bertz CT molecular complexity index is 640. The molecular weight excluding hydrogens is 383 g/mol. The minimum Gasteiger partial charge on any atom is -0.497 e. The second-order valence-electron chi connectivity index (χ2n) is 4.40. The van der Waals surface area contributed by atoms with E-state index in [4.69, 9.17) is 11.6 Å². The lowest BCUT2D eigenvalue weighted by Gasteiger charge is -2.32. The first-order valence-corrected chi connectivity index (χ1v) is 6.07. The zero-order valence-corrected chi connectivity index (χ0v) is 12.1. The van der Waals surface area contributed by atoms with E-state index in [1.165, 1.54) is 0 Å².